The molecule has 28 heavy (non-hydrogen) atoms. The first-order valence-electron chi connectivity index (χ1n) is 8.60. The molecule has 6 heteroatoms. The highest BCUT2D eigenvalue weighted by atomic mass is 35.5. The van der Waals surface area contributed by atoms with Crippen LogP contribution in [0.2, 0.25) is 5.02 Å². The lowest BCUT2D eigenvalue weighted by atomic mass is 10.1. The van der Waals surface area contributed by atoms with E-state index in [0.29, 0.717) is 33.6 Å². The van der Waals surface area contributed by atoms with Crippen LogP contribution in [0.1, 0.15) is 5.56 Å². The fraction of sp³-hybridized carbons (Fsp3) is 0.136. The average Bonchev–Trinajstić information content (AvgIpc) is 2.70. The first-order chi connectivity index (χ1) is 13.5. The molecule has 1 unspecified atom stereocenters. The maximum atomic E-state index is 11.8. The van der Waals surface area contributed by atoms with Gasteiger partial charge in [0.05, 0.1) is 7.11 Å². The summed E-state index contributed by atoms with van der Waals surface area (Å²) in [5.74, 6) is 1.18. The van der Waals surface area contributed by atoms with Crippen molar-refractivity contribution >= 4 is 17.6 Å². The van der Waals surface area contributed by atoms with Crippen molar-refractivity contribution in [2.45, 2.75) is 12.5 Å². The van der Waals surface area contributed by atoms with Crippen LogP contribution in [0.5, 0.6) is 23.0 Å². The van der Waals surface area contributed by atoms with Gasteiger partial charge in [-0.2, -0.15) is 0 Å². The van der Waals surface area contributed by atoms with E-state index in [-0.39, 0.29) is 6.42 Å². The Labute approximate surface area is 168 Å². The number of halogens is 1. The first kappa shape index (κ1) is 19.6. The highest BCUT2D eigenvalue weighted by molar-refractivity contribution is 6.30. The van der Waals surface area contributed by atoms with Crippen LogP contribution in [0.25, 0.3) is 0 Å². The molecule has 0 aliphatic carbocycles. The fourth-order valence-corrected chi connectivity index (χ4v) is 2.81. The summed E-state index contributed by atoms with van der Waals surface area (Å²) in [7, 11) is 1.56. The van der Waals surface area contributed by atoms with Crippen molar-refractivity contribution in [1.29, 1.82) is 0 Å². The Balaban J connectivity index is 1.82. The van der Waals surface area contributed by atoms with Crippen LogP contribution in [0.4, 0.5) is 0 Å². The number of rotatable bonds is 8. The molecule has 5 nitrogen and oxygen atoms in total. The molecule has 0 saturated heterocycles. The van der Waals surface area contributed by atoms with E-state index in [9.17, 15) is 9.90 Å². The molecule has 0 aromatic heterocycles. The molecule has 144 valence electrons. The minimum atomic E-state index is -1.11. The van der Waals surface area contributed by atoms with Crippen molar-refractivity contribution in [3.63, 3.8) is 0 Å². The molecule has 3 aromatic rings. The number of methoxy groups -OCH3 is 1. The summed E-state index contributed by atoms with van der Waals surface area (Å²) in [6.07, 6.45) is -1.02. The van der Waals surface area contributed by atoms with Crippen molar-refractivity contribution in [3.05, 3.63) is 83.4 Å². The third kappa shape index (κ3) is 5.18. The Morgan fingerprint density at radius 2 is 1.64 bits per heavy atom. The second kappa shape index (κ2) is 9.15. The van der Waals surface area contributed by atoms with E-state index in [2.05, 4.69) is 0 Å². The van der Waals surface area contributed by atoms with E-state index in [1.807, 2.05) is 30.3 Å². The molecule has 0 aliphatic rings. The normalized spacial score (nSPS) is 11.5. The number of carbonyl (C=O) groups is 1. The molecule has 3 aromatic carbocycles. The number of carboxylic acid groups (broad SMARTS) is 1. The van der Waals surface area contributed by atoms with E-state index < -0.39 is 12.1 Å². The summed E-state index contributed by atoms with van der Waals surface area (Å²) in [4.78, 5) is 11.8. The number of hydrogen-bond donors (Lipinski definition) is 1. The summed E-state index contributed by atoms with van der Waals surface area (Å²) in [5.41, 5.74) is 0.636. The molecule has 0 heterocycles. The van der Waals surface area contributed by atoms with Crippen LogP contribution < -0.4 is 14.2 Å². The Hall–Kier alpha value is -3.18. The molecule has 0 fully saturated rings. The summed E-state index contributed by atoms with van der Waals surface area (Å²) in [5, 5.41) is 10.1. The summed E-state index contributed by atoms with van der Waals surface area (Å²) in [6.45, 7) is 0. The van der Waals surface area contributed by atoms with E-state index in [0.717, 1.165) is 0 Å². The third-order valence-electron chi connectivity index (χ3n) is 4.01. The molecule has 0 amide bonds. The zero-order chi connectivity index (χ0) is 19.9. The summed E-state index contributed by atoms with van der Waals surface area (Å²) in [6, 6.07) is 21.1. The second-order valence-corrected chi connectivity index (χ2v) is 6.43. The fourth-order valence-electron chi connectivity index (χ4n) is 2.62. The Kier molecular flexibility index (Phi) is 6.40. The second-order valence-electron chi connectivity index (χ2n) is 5.99. The molecule has 0 bridgehead atoms. The molecule has 3 rings (SSSR count). The largest absolute Gasteiger partial charge is 0.497 e. The van der Waals surface area contributed by atoms with E-state index in [1.54, 1.807) is 49.6 Å². The van der Waals surface area contributed by atoms with Gasteiger partial charge in [0.1, 0.15) is 23.0 Å². The smallest absolute Gasteiger partial charge is 0.345 e. The third-order valence-corrected chi connectivity index (χ3v) is 4.25. The van der Waals surface area contributed by atoms with Crippen molar-refractivity contribution in [1.82, 2.24) is 0 Å². The van der Waals surface area contributed by atoms with Crippen LogP contribution in [-0.2, 0) is 11.2 Å². The highest BCUT2D eigenvalue weighted by Crippen LogP contribution is 2.30. The number of carboxylic acids is 1. The van der Waals surface area contributed by atoms with Gasteiger partial charge in [-0.05, 0) is 54.6 Å². The minimum Gasteiger partial charge on any atom is -0.497 e. The molecule has 1 N–H and O–H groups in total. The highest BCUT2D eigenvalue weighted by Gasteiger charge is 2.22. The van der Waals surface area contributed by atoms with Gasteiger partial charge < -0.3 is 19.3 Å². The van der Waals surface area contributed by atoms with Gasteiger partial charge in [0.15, 0.2) is 6.10 Å². The van der Waals surface area contributed by atoms with Crippen molar-refractivity contribution in [2.24, 2.45) is 0 Å². The lowest BCUT2D eigenvalue weighted by Gasteiger charge is -2.18. The van der Waals surface area contributed by atoms with Crippen molar-refractivity contribution in [3.8, 4) is 23.0 Å². The maximum absolute atomic E-state index is 11.8. The molecule has 1 atom stereocenters. The number of hydrogen-bond acceptors (Lipinski definition) is 4. The van der Waals surface area contributed by atoms with Gasteiger partial charge in [-0.1, -0.05) is 29.8 Å². The van der Waals surface area contributed by atoms with Crippen LogP contribution in [0, 0.1) is 0 Å². The Morgan fingerprint density at radius 1 is 0.964 bits per heavy atom. The van der Waals surface area contributed by atoms with Crippen molar-refractivity contribution < 1.29 is 24.1 Å². The molecule has 0 spiro atoms. The van der Waals surface area contributed by atoms with Gasteiger partial charge in [-0.3, -0.25) is 0 Å². The van der Waals surface area contributed by atoms with Gasteiger partial charge in [0.25, 0.3) is 0 Å². The topological polar surface area (TPSA) is 65.0 Å². The van der Waals surface area contributed by atoms with Crippen LogP contribution >= 0.6 is 11.6 Å². The molecular weight excluding hydrogens is 380 g/mol. The molecule has 0 aliphatic heterocycles. The van der Waals surface area contributed by atoms with Gasteiger partial charge in [-0.25, -0.2) is 4.79 Å². The SMILES string of the molecule is COc1ccc(OC(Cc2cc(Cl)ccc2Oc2ccccc2)C(=O)O)cc1. The molecular formula is C22H19ClO5. The predicted molar refractivity (Wildman–Crippen MR) is 107 cm³/mol. The van der Waals surface area contributed by atoms with Crippen molar-refractivity contribution in [2.75, 3.05) is 7.11 Å². The summed E-state index contributed by atoms with van der Waals surface area (Å²) >= 11 is 6.12. The molecule has 0 saturated carbocycles. The van der Waals surface area contributed by atoms with Gasteiger partial charge in [-0.15, -0.1) is 0 Å². The quantitative estimate of drug-likeness (QED) is 0.563. The maximum Gasteiger partial charge on any atom is 0.345 e. The van der Waals surface area contributed by atoms with Gasteiger partial charge in [0.2, 0.25) is 0 Å². The lowest BCUT2D eigenvalue weighted by Crippen LogP contribution is -2.29. The number of aliphatic carboxylic acids is 1. The van der Waals surface area contributed by atoms with Crippen LogP contribution in [0.15, 0.2) is 72.8 Å². The zero-order valence-corrected chi connectivity index (χ0v) is 15.9. The van der Waals surface area contributed by atoms with Gasteiger partial charge in [0, 0.05) is 17.0 Å². The van der Waals surface area contributed by atoms with Crippen LogP contribution in [-0.4, -0.2) is 24.3 Å². The summed E-state index contributed by atoms with van der Waals surface area (Å²) < 4.78 is 16.7. The Bertz CT molecular complexity index is 925. The van der Waals surface area contributed by atoms with E-state index >= 15 is 0 Å². The van der Waals surface area contributed by atoms with E-state index in [1.165, 1.54) is 0 Å². The zero-order valence-electron chi connectivity index (χ0n) is 15.2. The number of ether oxygens (including phenoxy) is 3. The number of para-hydroxylation sites is 1. The predicted octanol–water partition coefficient (Wildman–Crippen LogP) is 5.22. The Morgan fingerprint density at radius 3 is 2.29 bits per heavy atom. The minimum absolute atomic E-state index is 0.0874. The van der Waals surface area contributed by atoms with Gasteiger partial charge >= 0.3 is 5.97 Å². The first-order valence-corrected chi connectivity index (χ1v) is 8.98. The monoisotopic (exact) mass is 398 g/mol. The van der Waals surface area contributed by atoms with E-state index in [4.69, 9.17) is 25.8 Å². The van der Waals surface area contributed by atoms with Crippen LogP contribution in [0.3, 0.4) is 0 Å². The number of benzene rings is 3. The molecule has 0 radical (unpaired) electrons. The average molecular weight is 399 g/mol. The standard InChI is InChI=1S/C22H19ClO5/c1-26-17-8-10-19(11-9-17)28-21(22(24)25)14-15-13-16(23)7-12-20(15)27-18-5-3-2-4-6-18/h2-13,21H,14H2,1H3,(H,24,25). The lowest BCUT2D eigenvalue weighted by molar-refractivity contribution is -0.145.